The molecule has 0 aliphatic heterocycles. The van der Waals surface area contributed by atoms with Gasteiger partial charge in [0, 0.05) is 6.07 Å². The predicted octanol–water partition coefficient (Wildman–Crippen LogP) is 3.05. The fraction of sp³-hybridized carbons (Fsp3) is 0.417. The summed E-state index contributed by atoms with van der Waals surface area (Å²) < 4.78 is 33.2. The summed E-state index contributed by atoms with van der Waals surface area (Å²) in [5.74, 6) is -0.963. The Balaban J connectivity index is 2.71. The molecule has 0 saturated carbocycles. The van der Waals surface area contributed by atoms with E-state index in [-0.39, 0.29) is 17.9 Å². The standard InChI is InChI=1S/C12H13F2O3/c1-2-3-8-16-11(15)9-6-4-5-7-10(9)17-12(13)14/h4-6,12H,2-3,8H2,1H3. The van der Waals surface area contributed by atoms with Gasteiger partial charge >= 0.3 is 12.6 Å². The molecule has 0 N–H and O–H groups in total. The number of hydrogen-bond donors (Lipinski definition) is 0. The molecule has 0 amide bonds. The van der Waals surface area contributed by atoms with Crippen LogP contribution in [0.2, 0.25) is 0 Å². The van der Waals surface area contributed by atoms with Gasteiger partial charge in [0.1, 0.15) is 11.3 Å². The van der Waals surface area contributed by atoms with Gasteiger partial charge in [-0.25, -0.2) is 4.79 Å². The Hall–Kier alpha value is -1.65. The molecule has 0 unspecified atom stereocenters. The fourth-order valence-corrected chi connectivity index (χ4v) is 1.16. The number of ether oxygens (including phenoxy) is 2. The van der Waals surface area contributed by atoms with Gasteiger partial charge in [-0.05, 0) is 12.5 Å². The van der Waals surface area contributed by atoms with Crippen molar-refractivity contribution in [3.8, 4) is 5.75 Å². The number of rotatable bonds is 6. The summed E-state index contributed by atoms with van der Waals surface area (Å²) >= 11 is 0. The number of halogens is 2. The van der Waals surface area contributed by atoms with Crippen LogP contribution >= 0.6 is 0 Å². The van der Waals surface area contributed by atoms with Gasteiger partial charge in [-0.1, -0.05) is 25.5 Å². The first kappa shape index (κ1) is 13.4. The van der Waals surface area contributed by atoms with Crippen LogP contribution in [0.5, 0.6) is 5.75 Å². The molecule has 0 aromatic heterocycles. The average molecular weight is 243 g/mol. The van der Waals surface area contributed by atoms with Crippen LogP contribution in [0, 0.1) is 6.07 Å². The van der Waals surface area contributed by atoms with E-state index >= 15 is 0 Å². The van der Waals surface area contributed by atoms with Crippen LogP contribution in [-0.2, 0) is 4.74 Å². The van der Waals surface area contributed by atoms with Crippen molar-refractivity contribution in [3.05, 3.63) is 29.8 Å². The van der Waals surface area contributed by atoms with Gasteiger partial charge in [0.15, 0.2) is 0 Å². The maximum absolute atomic E-state index is 12.1. The second-order valence-corrected chi connectivity index (χ2v) is 3.28. The molecular formula is C12H13F2O3. The highest BCUT2D eigenvalue weighted by molar-refractivity contribution is 5.92. The minimum Gasteiger partial charge on any atom is -0.462 e. The number of carbonyl (C=O) groups is 1. The zero-order valence-corrected chi connectivity index (χ0v) is 9.41. The van der Waals surface area contributed by atoms with Crippen LogP contribution in [0.15, 0.2) is 18.2 Å². The molecule has 17 heavy (non-hydrogen) atoms. The van der Waals surface area contributed by atoms with E-state index in [0.717, 1.165) is 12.8 Å². The third-order valence-corrected chi connectivity index (χ3v) is 1.98. The average Bonchev–Trinajstić information content (AvgIpc) is 2.29. The van der Waals surface area contributed by atoms with Gasteiger partial charge in [-0.3, -0.25) is 0 Å². The lowest BCUT2D eigenvalue weighted by molar-refractivity contribution is -0.0506. The summed E-state index contributed by atoms with van der Waals surface area (Å²) in [6, 6.07) is 6.70. The summed E-state index contributed by atoms with van der Waals surface area (Å²) in [6.45, 7) is -0.774. The molecule has 0 aliphatic rings. The van der Waals surface area contributed by atoms with Crippen LogP contribution in [0.25, 0.3) is 0 Å². The SMILES string of the molecule is CCCCOC(=O)c1ccc[c]c1OC(F)F. The molecule has 0 bridgehead atoms. The van der Waals surface area contributed by atoms with Gasteiger partial charge in [0.05, 0.1) is 6.61 Å². The van der Waals surface area contributed by atoms with Crippen LogP contribution in [0.4, 0.5) is 8.78 Å². The van der Waals surface area contributed by atoms with E-state index in [2.05, 4.69) is 10.8 Å². The first-order valence-electron chi connectivity index (χ1n) is 5.27. The third-order valence-electron chi connectivity index (χ3n) is 1.98. The lowest BCUT2D eigenvalue weighted by Gasteiger charge is -2.09. The lowest BCUT2D eigenvalue weighted by atomic mass is 10.2. The Morgan fingerprint density at radius 2 is 2.29 bits per heavy atom. The van der Waals surface area contributed by atoms with Gasteiger partial charge < -0.3 is 9.47 Å². The number of alkyl halides is 2. The topological polar surface area (TPSA) is 35.5 Å². The monoisotopic (exact) mass is 243 g/mol. The highest BCUT2D eigenvalue weighted by Gasteiger charge is 2.16. The normalized spacial score (nSPS) is 10.4. The van der Waals surface area contributed by atoms with Crippen LogP contribution < -0.4 is 4.74 Å². The molecule has 0 heterocycles. The molecule has 5 heteroatoms. The molecular weight excluding hydrogens is 230 g/mol. The van der Waals surface area contributed by atoms with E-state index < -0.39 is 12.6 Å². The maximum Gasteiger partial charge on any atom is 0.387 e. The van der Waals surface area contributed by atoms with E-state index in [0.29, 0.717) is 0 Å². The van der Waals surface area contributed by atoms with Crippen LogP contribution in [0.3, 0.4) is 0 Å². The summed E-state index contributed by atoms with van der Waals surface area (Å²) in [7, 11) is 0. The van der Waals surface area contributed by atoms with Crippen molar-refractivity contribution in [2.24, 2.45) is 0 Å². The number of carbonyl (C=O) groups excluding carboxylic acids is 1. The number of para-hydroxylation sites is 1. The minimum absolute atomic E-state index is 0.0381. The molecule has 3 nitrogen and oxygen atoms in total. The summed E-state index contributed by atoms with van der Waals surface area (Å²) in [5, 5.41) is 0. The van der Waals surface area contributed by atoms with Crippen molar-refractivity contribution in [1.82, 2.24) is 0 Å². The van der Waals surface area contributed by atoms with Crippen molar-refractivity contribution in [2.75, 3.05) is 6.61 Å². The molecule has 0 aliphatic carbocycles. The van der Waals surface area contributed by atoms with E-state index in [1.54, 1.807) is 0 Å². The molecule has 0 spiro atoms. The second kappa shape index (κ2) is 6.83. The lowest BCUT2D eigenvalue weighted by Crippen LogP contribution is -2.11. The Bertz CT molecular complexity index is 367. The second-order valence-electron chi connectivity index (χ2n) is 3.28. The highest BCUT2D eigenvalue weighted by Crippen LogP contribution is 2.20. The van der Waals surface area contributed by atoms with Crippen molar-refractivity contribution < 1.29 is 23.0 Å². The van der Waals surface area contributed by atoms with Gasteiger partial charge in [-0.15, -0.1) is 0 Å². The zero-order valence-electron chi connectivity index (χ0n) is 9.41. The Morgan fingerprint density at radius 3 is 2.94 bits per heavy atom. The predicted molar refractivity (Wildman–Crippen MR) is 57.1 cm³/mol. The molecule has 1 aromatic carbocycles. The smallest absolute Gasteiger partial charge is 0.387 e. The van der Waals surface area contributed by atoms with Crippen molar-refractivity contribution >= 4 is 5.97 Å². The Labute approximate surface area is 98.3 Å². The minimum atomic E-state index is -2.99. The van der Waals surface area contributed by atoms with E-state index in [9.17, 15) is 13.6 Å². The first-order chi connectivity index (χ1) is 8.15. The Kier molecular flexibility index (Phi) is 5.39. The molecule has 1 radical (unpaired) electrons. The van der Waals surface area contributed by atoms with Crippen molar-refractivity contribution in [1.29, 1.82) is 0 Å². The zero-order chi connectivity index (χ0) is 12.7. The number of hydrogen-bond acceptors (Lipinski definition) is 3. The van der Waals surface area contributed by atoms with Gasteiger partial charge in [0.25, 0.3) is 0 Å². The summed E-state index contributed by atoms with van der Waals surface area (Å²) in [6.07, 6.45) is 1.61. The fourth-order valence-electron chi connectivity index (χ4n) is 1.16. The van der Waals surface area contributed by atoms with E-state index in [4.69, 9.17) is 4.74 Å². The van der Waals surface area contributed by atoms with Gasteiger partial charge in [0.2, 0.25) is 0 Å². The van der Waals surface area contributed by atoms with Crippen LogP contribution in [-0.4, -0.2) is 19.2 Å². The van der Waals surface area contributed by atoms with Crippen molar-refractivity contribution in [2.45, 2.75) is 26.4 Å². The molecule has 1 aromatic rings. The Morgan fingerprint density at radius 1 is 1.53 bits per heavy atom. The quantitative estimate of drug-likeness (QED) is 0.569. The molecule has 0 atom stereocenters. The molecule has 0 saturated heterocycles. The largest absolute Gasteiger partial charge is 0.462 e. The molecule has 1 rings (SSSR count). The van der Waals surface area contributed by atoms with Gasteiger partial charge in [-0.2, -0.15) is 8.78 Å². The van der Waals surface area contributed by atoms with Crippen molar-refractivity contribution in [3.63, 3.8) is 0 Å². The summed E-state index contributed by atoms with van der Waals surface area (Å²) in [5.41, 5.74) is -0.0381. The highest BCUT2D eigenvalue weighted by atomic mass is 19.3. The number of benzene rings is 1. The first-order valence-corrected chi connectivity index (χ1v) is 5.27. The van der Waals surface area contributed by atoms with E-state index in [1.165, 1.54) is 18.2 Å². The summed E-state index contributed by atoms with van der Waals surface area (Å²) in [4.78, 5) is 11.6. The maximum atomic E-state index is 12.1. The molecule has 0 fully saturated rings. The molecule has 93 valence electrons. The number of unbranched alkanes of at least 4 members (excludes halogenated alkanes) is 1. The third kappa shape index (κ3) is 4.38. The van der Waals surface area contributed by atoms with Crippen LogP contribution in [0.1, 0.15) is 30.1 Å². The van der Waals surface area contributed by atoms with E-state index in [1.807, 2.05) is 6.92 Å². The number of esters is 1.